The van der Waals surface area contributed by atoms with Crippen LogP contribution in [0.25, 0.3) is 0 Å². The Labute approximate surface area is 87.5 Å². The number of hydrogen-bond donors (Lipinski definition) is 0. The number of rotatable bonds is 0. The minimum Gasteiger partial charge on any atom is -1.00 e. The van der Waals surface area contributed by atoms with E-state index in [2.05, 4.69) is 48.6 Å². The quantitative estimate of drug-likeness (QED) is 0.476. The van der Waals surface area contributed by atoms with E-state index in [9.17, 15) is 0 Å². The molecule has 56 valence electrons. The molecule has 0 aliphatic heterocycles. The van der Waals surface area contributed by atoms with Crippen LogP contribution in [-0.4, -0.2) is 23.1 Å². The van der Waals surface area contributed by atoms with Crippen molar-refractivity contribution in [3.63, 3.8) is 0 Å². The van der Waals surface area contributed by atoms with E-state index in [1.54, 1.807) is 0 Å². The Morgan fingerprint density at radius 2 is 0.909 bits per heavy atom. The zero-order chi connectivity index (χ0) is 7.07. The third-order valence-corrected chi connectivity index (χ3v) is 1.31. The molecular weight excluding hydrogens is 144 g/mol. The van der Waals surface area contributed by atoms with Gasteiger partial charge in [0.25, 0.3) is 0 Å². The average Bonchev–Trinajstić information content (AvgIpc) is 2.67. The van der Waals surface area contributed by atoms with E-state index in [0.29, 0.717) is 0 Å². The van der Waals surface area contributed by atoms with Gasteiger partial charge in [-0.1, -0.05) is 48.6 Å². The summed E-state index contributed by atoms with van der Waals surface area (Å²) in [6, 6.07) is 0. The van der Waals surface area contributed by atoms with E-state index in [1.165, 1.54) is 0 Å². The van der Waals surface area contributed by atoms with Crippen molar-refractivity contribution in [1.82, 2.24) is 0 Å². The first-order chi connectivity index (χ1) is 5.00. The van der Waals surface area contributed by atoms with E-state index >= 15 is 0 Å². The third-order valence-electron chi connectivity index (χ3n) is 1.31. The molecule has 0 fully saturated rings. The fourth-order valence-electron chi connectivity index (χ4n) is 0.786. The molecule has 0 spiro atoms. The third kappa shape index (κ3) is 6.14. The van der Waals surface area contributed by atoms with Gasteiger partial charge in [-0.15, -0.1) is 0 Å². The molecule has 1 heteroatoms. The zero-order valence-electron chi connectivity index (χ0n) is 8.74. The normalized spacial score (nSPS) is 16.0. The van der Waals surface area contributed by atoms with Crippen molar-refractivity contribution in [3.05, 3.63) is 48.6 Å². The monoisotopic (exact) mass is 158 g/mol. The van der Waals surface area contributed by atoms with Crippen LogP contribution in [0.5, 0.6) is 0 Å². The maximum atomic E-state index is 2.12. The molecule has 0 unspecified atom stereocenters. The van der Waals surface area contributed by atoms with E-state index in [0.717, 1.165) is 12.8 Å². The predicted octanol–water partition coefficient (Wildman–Crippen LogP) is 2.85. The molecule has 0 atom stereocenters. The van der Waals surface area contributed by atoms with Crippen LogP contribution in [0.2, 0.25) is 0 Å². The fraction of sp³-hybridized carbons (Fsp3) is 0.200. The van der Waals surface area contributed by atoms with Crippen molar-refractivity contribution < 1.29 is 2.85 Å². The van der Waals surface area contributed by atoms with Crippen LogP contribution in [-0.2, 0) is 0 Å². The van der Waals surface area contributed by atoms with E-state index in [4.69, 9.17) is 0 Å². The van der Waals surface area contributed by atoms with E-state index in [-0.39, 0.29) is 25.9 Å². The van der Waals surface area contributed by atoms with Crippen molar-refractivity contribution >= 4 is 23.1 Å². The molecule has 0 nitrogen and oxygen atoms in total. The summed E-state index contributed by atoms with van der Waals surface area (Å²) in [7, 11) is 0. The van der Waals surface area contributed by atoms with Crippen LogP contribution in [0.3, 0.4) is 0 Å². The second-order valence-corrected chi connectivity index (χ2v) is 2.18. The van der Waals surface area contributed by atoms with Crippen LogP contribution < -0.4 is 0 Å². The summed E-state index contributed by atoms with van der Waals surface area (Å²) in [6.07, 6.45) is 19.0. The van der Waals surface area contributed by atoms with Gasteiger partial charge >= 0.3 is 23.1 Å². The van der Waals surface area contributed by atoms with Gasteiger partial charge in [0.2, 0.25) is 0 Å². The Morgan fingerprint density at radius 1 is 0.636 bits per heavy atom. The van der Waals surface area contributed by atoms with Crippen molar-refractivity contribution in [2.45, 2.75) is 12.8 Å². The summed E-state index contributed by atoms with van der Waals surface area (Å²) in [5, 5.41) is 0. The standard InChI is InChI=1S/2C5H6.Mg.2H/c2*1-2-4-5-3-1;;;/h2*1-4H,5H2;;;/q;;+2;2*-1. The molecule has 11 heavy (non-hydrogen) atoms. The molecule has 0 bridgehead atoms. The van der Waals surface area contributed by atoms with Crippen LogP contribution in [0.1, 0.15) is 15.7 Å². The number of allylic oxidation sites excluding steroid dienone is 8. The molecule has 0 amide bonds. The number of hydrogen-bond acceptors (Lipinski definition) is 0. The molecule has 0 aromatic heterocycles. The molecule has 0 saturated heterocycles. The van der Waals surface area contributed by atoms with Crippen molar-refractivity contribution in [3.8, 4) is 0 Å². The summed E-state index contributed by atoms with van der Waals surface area (Å²) in [5.74, 6) is 0. The first kappa shape index (κ1) is 10.7. The Hall–Kier alpha value is -0.274. The molecule has 0 aromatic rings. The van der Waals surface area contributed by atoms with Gasteiger partial charge in [-0.05, 0) is 12.8 Å². The van der Waals surface area contributed by atoms with Gasteiger partial charge in [0.05, 0.1) is 0 Å². The molecular formula is C10H14Mg. The Kier molecular flexibility index (Phi) is 7.63. The molecule has 0 heterocycles. The predicted molar refractivity (Wildman–Crippen MR) is 53.8 cm³/mol. The first-order valence-corrected chi connectivity index (χ1v) is 3.63. The summed E-state index contributed by atoms with van der Waals surface area (Å²) >= 11 is 0. The van der Waals surface area contributed by atoms with E-state index < -0.39 is 0 Å². The smallest absolute Gasteiger partial charge is 1.00 e. The summed E-state index contributed by atoms with van der Waals surface area (Å²) < 4.78 is 0. The maximum absolute atomic E-state index is 2.12. The zero-order valence-corrected chi connectivity index (χ0v) is 8.15. The van der Waals surface area contributed by atoms with Crippen molar-refractivity contribution in [1.29, 1.82) is 0 Å². The van der Waals surface area contributed by atoms with Gasteiger partial charge in [0.15, 0.2) is 0 Å². The minimum absolute atomic E-state index is 0. The SMILES string of the molecule is C1=CCC=C1.C1=CCC=C1.[H-].[H-].[Mg+2]. The maximum Gasteiger partial charge on any atom is 2.00 e. The van der Waals surface area contributed by atoms with Gasteiger partial charge in [-0.25, -0.2) is 0 Å². The Morgan fingerprint density at radius 3 is 1.00 bits per heavy atom. The minimum atomic E-state index is 0. The van der Waals surface area contributed by atoms with Gasteiger partial charge in [-0.2, -0.15) is 0 Å². The molecule has 2 aliphatic carbocycles. The molecule has 0 radical (unpaired) electrons. The van der Waals surface area contributed by atoms with Crippen LogP contribution in [0.15, 0.2) is 48.6 Å². The van der Waals surface area contributed by atoms with Crippen LogP contribution in [0, 0.1) is 0 Å². The van der Waals surface area contributed by atoms with Gasteiger partial charge < -0.3 is 2.85 Å². The topological polar surface area (TPSA) is 0 Å². The van der Waals surface area contributed by atoms with Crippen molar-refractivity contribution in [2.24, 2.45) is 0 Å². The Balaban J connectivity index is -0.000000125. The average molecular weight is 159 g/mol. The van der Waals surface area contributed by atoms with Crippen molar-refractivity contribution in [2.75, 3.05) is 0 Å². The second kappa shape index (κ2) is 7.83. The Bertz CT molecular complexity index is 151. The summed E-state index contributed by atoms with van der Waals surface area (Å²) in [6.45, 7) is 0. The summed E-state index contributed by atoms with van der Waals surface area (Å²) in [5.41, 5.74) is 0. The molecule has 0 N–H and O–H groups in total. The van der Waals surface area contributed by atoms with Crippen LogP contribution >= 0.6 is 0 Å². The molecule has 2 rings (SSSR count). The second-order valence-electron chi connectivity index (χ2n) is 2.18. The largest absolute Gasteiger partial charge is 2.00 e. The molecule has 0 aromatic carbocycles. The molecule has 0 saturated carbocycles. The van der Waals surface area contributed by atoms with Crippen LogP contribution in [0.4, 0.5) is 0 Å². The van der Waals surface area contributed by atoms with Gasteiger partial charge in [-0.3, -0.25) is 0 Å². The fourth-order valence-corrected chi connectivity index (χ4v) is 0.786. The van der Waals surface area contributed by atoms with Gasteiger partial charge in [0.1, 0.15) is 0 Å². The van der Waals surface area contributed by atoms with Gasteiger partial charge in [0, 0.05) is 0 Å². The van der Waals surface area contributed by atoms with E-state index in [1.807, 2.05) is 0 Å². The first-order valence-electron chi connectivity index (χ1n) is 3.63. The summed E-state index contributed by atoms with van der Waals surface area (Å²) in [4.78, 5) is 0. The molecule has 2 aliphatic rings.